The van der Waals surface area contributed by atoms with Gasteiger partial charge in [-0.2, -0.15) is 4.98 Å². The van der Waals surface area contributed by atoms with E-state index in [-0.39, 0.29) is 0 Å². The molecular formula is C15H17N5S2. The van der Waals surface area contributed by atoms with Gasteiger partial charge in [0, 0.05) is 22.4 Å². The molecular weight excluding hydrogens is 314 g/mol. The molecule has 0 atom stereocenters. The number of hydrogen-bond donors (Lipinski definition) is 2. The summed E-state index contributed by atoms with van der Waals surface area (Å²) in [6.45, 7) is 4.40. The Hall–Kier alpha value is -1.86. The summed E-state index contributed by atoms with van der Waals surface area (Å²) in [7, 11) is 0. The monoisotopic (exact) mass is 331 g/mol. The van der Waals surface area contributed by atoms with Crippen LogP contribution in [0.25, 0.3) is 10.6 Å². The fourth-order valence-corrected chi connectivity index (χ4v) is 3.72. The third-order valence-electron chi connectivity index (χ3n) is 3.20. The first-order valence-corrected chi connectivity index (χ1v) is 8.78. The van der Waals surface area contributed by atoms with E-state index in [1.165, 1.54) is 10.4 Å². The number of rotatable bonds is 5. The Morgan fingerprint density at radius 2 is 2.05 bits per heavy atom. The van der Waals surface area contributed by atoms with Crippen LogP contribution >= 0.6 is 23.1 Å². The van der Waals surface area contributed by atoms with Crippen molar-refractivity contribution in [3.05, 3.63) is 40.9 Å². The molecule has 0 saturated heterocycles. The molecule has 0 unspecified atom stereocenters. The Morgan fingerprint density at radius 3 is 2.68 bits per heavy atom. The normalized spacial score (nSPS) is 11.2. The first-order chi connectivity index (χ1) is 10.6. The first kappa shape index (κ1) is 15.1. The molecule has 0 saturated carbocycles. The van der Waals surface area contributed by atoms with E-state index in [0.717, 1.165) is 16.3 Å². The summed E-state index contributed by atoms with van der Waals surface area (Å²) in [5.74, 6) is 1.68. The molecule has 0 amide bonds. The summed E-state index contributed by atoms with van der Waals surface area (Å²) in [5, 5.41) is 8.34. The maximum atomic E-state index is 5.51. The number of thioether (sulfide) groups is 1. The van der Waals surface area contributed by atoms with Gasteiger partial charge in [-0.15, -0.1) is 16.4 Å². The summed E-state index contributed by atoms with van der Waals surface area (Å²) < 4.78 is 0. The highest BCUT2D eigenvalue weighted by molar-refractivity contribution is 7.98. The van der Waals surface area contributed by atoms with Crippen molar-refractivity contribution in [3.8, 4) is 10.6 Å². The number of nitrogens with zero attached hydrogens (tertiary/aromatic N) is 3. The predicted molar refractivity (Wildman–Crippen MR) is 92.0 cm³/mol. The molecule has 0 aliphatic heterocycles. The number of nitrogen functional groups attached to an aromatic ring is 1. The van der Waals surface area contributed by atoms with Crippen LogP contribution in [0.15, 0.2) is 35.6 Å². The highest BCUT2D eigenvalue weighted by Crippen LogP contribution is 2.30. The van der Waals surface area contributed by atoms with Gasteiger partial charge in [0.1, 0.15) is 5.01 Å². The van der Waals surface area contributed by atoms with E-state index in [4.69, 9.17) is 5.73 Å². The van der Waals surface area contributed by atoms with Gasteiger partial charge in [0.15, 0.2) is 0 Å². The third kappa shape index (κ3) is 3.48. The van der Waals surface area contributed by atoms with Crippen molar-refractivity contribution in [2.75, 3.05) is 5.73 Å². The number of aromatic amines is 1. The van der Waals surface area contributed by atoms with Gasteiger partial charge >= 0.3 is 0 Å². The van der Waals surface area contributed by atoms with Crippen LogP contribution in [-0.4, -0.2) is 20.2 Å². The zero-order valence-corrected chi connectivity index (χ0v) is 14.0. The molecule has 22 heavy (non-hydrogen) atoms. The second-order valence-electron chi connectivity index (χ2n) is 5.20. The summed E-state index contributed by atoms with van der Waals surface area (Å²) >= 11 is 3.24. The van der Waals surface area contributed by atoms with Gasteiger partial charge in [-0.25, -0.2) is 10.1 Å². The molecule has 2 aromatic heterocycles. The molecule has 2 heterocycles. The lowest BCUT2D eigenvalue weighted by molar-refractivity contribution is 0.867. The van der Waals surface area contributed by atoms with Gasteiger partial charge in [0.05, 0.1) is 0 Å². The molecule has 0 aliphatic carbocycles. The highest BCUT2D eigenvalue weighted by Gasteiger charge is 2.08. The average Bonchev–Trinajstić information content (AvgIpc) is 3.14. The van der Waals surface area contributed by atoms with Gasteiger partial charge in [0.25, 0.3) is 0 Å². The molecule has 0 aliphatic rings. The van der Waals surface area contributed by atoms with Crippen molar-refractivity contribution in [1.29, 1.82) is 0 Å². The van der Waals surface area contributed by atoms with Gasteiger partial charge in [-0.05, 0) is 11.5 Å². The quantitative estimate of drug-likeness (QED) is 0.692. The lowest BCUT2D eigenvalue weighted by Gasteiger charge is -2.05. The van der Waals surface area contributed by atoms with Gasteiger partial charge in [-0.3, -0.25) is 0 Å². The minimum absolute atomic E-state index is 0.345. The largest absolute Gasteiger partial charge is 0.368 e. The van der Waals surface area contributed by atoms with Crippen molar-refractivity contribution in [1.82, 2.24) is 20.2 Å². The van der Waals surface area contributed by atoms with Crippen molar-refractivity contribution in [2.45, 2.75) is 30.7 Å². The maximum Gasteiger partial charge on any atom is 0.216 e. The molecule has 0 radical (unpaired) electrons. The molecule has 1 aromatic carbocycles. The molecule has 3 rings (SSSR count). The predicted octanol–water partition coefficient (Wildman–Crippen LogP) is 3.93. The van der Waals surface area contributed by atoms with E-state index in [9.17, 15) is 0 Å². The molecule has 7 heteroatoms. The lowest BCUT2D eigenvalue weighted by atomic mass is 10.0. The van der Waals surface area contributed by atoms with E-state index < -0.39 is 0 Å². The van der Waals surface area contributed by atoms with Gasteiger partial charge in [-0.1, -0.05) is 49.9 Å². The third-order valence-corrected chi connectivity index (χ3v) is 5.33. The smallest absolute Gasteiger partial charge is 0.216 e. The van der Waals surface area contributed by atoms with Gasteiger partial charge < -0.3 is 5.73 Å². The van der Waals surface area contributed by atoms with Crippen LogP contribution in [0.1, 0.15) is 30.2 Å². The van der Waals surface area contributed by atoms with Crippen molar-refractivity contribution in [3.63, 3.8) is 0 Å². The van der Waals surface area contributed by atoms with Gasteiger partial charge in [0.2, 0.25) is 11.1 Å². The zero-order chi connectivity index (χ0) is 15.5. The van der Waals surface area contributed by atoms with E-state index >= 15 is 0 Å². The number of H-pyrrole nitrogens is 1. The van der Waals surface area contributed by atoms with Crippen LogP contribution in [0.4, 0.5) is 5.95 Å². The molecule has 0 spiro atoms. The Balaban J connectivity index is 1.67. The molecule has 0 bridgehead atoms. The topological polar surface area (TPSA) is 80.5 Å². The number of nitrogens with two attached hydrogens (primary N) is 1. The number of thiazole rings is 1. The second kappa shape index (κ2) is 6.50. The summed E-state index contributed by atoms with van der Waals surface area (Å²) in [6, 6.07) is 8.63. The molecule has 3 N–H and O–H groups in total. The van der Waals surface area contributed by atoms with E-state index in [2.05, 4.69) is 58.3 Å². The van der Waals surface area contributed by atoms with E-state index in [1.807, 2.05) is 6.20 Å². The number of anilines is 1. The number of benzene rings is 1. The molecule has 0 fully saturated rings. The fraction of sp³-hybridized carbons (Fsp3) is 0.267. The molecule has 114 valence electrons. The zero-order valence-electron chi connectivity index (χ0n) is 12.4. The van der Waals surface area contributed by atoms with Crippen molar-refractivity contribution in [2.24, 2.45) is 0 Å². The molecule has 5 nitrogen and oxygen atoms in total. The van der Waals surface area contributed by atoms with Crippen molar-refractivity contribution < 1.29 is 0 Å². The standard InChI is InChI=1S/C15H17N5S2/c1-9(2)10-3-5-11(6-4-10)13-17-7-12(22-13)8-21-15-18-14(16)19-20-15/h3-7,9H,8H2,1-2H3,(H3,16,18,19,20). The van der Waals surface area contributed by atoms with E-state index in [1.54, 1.807) is 23.1 Å². The minimum atomic E-state index is 0.345. The van der Waals surface area contributed by atoms with Crippen LogP contribution in [0.5, 0.6) is 0 Å². The Kier molecular flexibility index (Phi) is 4.44. The van der Waals surface area contributed by atoms with Crippen molar-refractivity contribution >= 4 is 29.0 Å². The Morgan fingerprint density at radius 1 is 1.27 bits per heavy atom. The lowest BCUT2D eigenvalue weighted by Crippen LogP contribution is -1.86. The van der Waals surface area contributed by atoms with Crippen LogP contribution in [0, 0.1) is 0 Å². The Labute approximate surface area is 137 Å². The maximum absolute atomic E-state index is 5.51. The SMILES string of the molecule is CC(C)c1ccc(-c2ncc(CSc3n[nH]c(N)n3)s2)cc1. The first-order valence-electron chi connectivity index (χ1n) is 6.97. The summed E-state index contributed by atoms with van der Waals surface area (Å²) in [4.78, 5) is 9.78. The van der Waals surface area contributed by atoms with Crippen LogP contribution in [0.3, 0.4) is 0 Å². The fourth-order valence-electron chi connectivity index (χ4n) is 1.98. The van der Waals surface area contributed by atoms with Crippen LogP contribution in [-0.2, 0) is 5.75 Å². The second-order valence-corrected chi connectivity index (χ2v) is 7.26. The number of hydrogen-bond acceptors (Lipinski definition) is 6. The molecule has 3 aromatic rings. The highest BCUT2D eigenvalue weighted by atomic mass is 32.2. The Bertz CT molecular complexity index is 745. The van der Waals surface area contributed by atoms with Crippen LogP contribution in [0.2, 0.25) is 0 Å². The summed E-state index contributed by atoms with van der Waals surface area (Å²) in [5.41, 5.74) is 8.01. The summed E-state index contributed by atoms with van der Waals surface area (Å²) in [6.07, 6.45) is 1.92. The minimum Gasteiger partial charge on any atom is -0.368 e. The van der Waals surface area contributed by atoms with Crippen LogP contribution < -0.4 is 5.73 Å². The number of nitrogens with one attached hydrogen (secondary N) is 1. The number of aromatic nitrogens is 4. The van der Waals surface area contributed by atoms with E-state index in [0.29, 0.717) is 17.0 Å². The average molecular weight is 331 g/mol.